The van der Waals surface area contributed by atoms with Crippen molar-refractivity contribution < 1.29 is 13.7 Å². The zero-order valence-electron chi connectivity index (χ0n) is 20.9. The fourth-order valence-corrected chi connectivity index (χ4v) is 7.43. The first-order chi connectivity index (χ1) is 17.2. The molecule has 0 radical (unpaired) electrons. The Kier molecular flexibility index (Phi) is 7.90. The number of carbonyl (C=O) groups is 1. The van der Waals surface area contributed by atoms with Gasteiger partial charge in [-0.2, -0.15) is 0 Å². The van der Waals surface area contributed by atoms with Gasteiger partial charge in [0.2, 0.25) is 0 Å². The fourth-order valence-electron chi connectivity index (χ4n) is 4.41. The van der Waals surface area contributed by atoms with Gasteiger partial charge in [0.25, 0.3) is 5.56 Å². The lowest BCUT2D eigenvalue weighted by Gasteiger charge is -2.12. The van der Waals surface area contributed by atoms with E-state index >= 15 is 0 Å². The van der Waals surface area contributed by atoms with Crippen molar-refractivity contribution in [3.05, 3.63) is 73.7 Å². The van der Waals surface area contributed by atoms with E-state index in [0.29, 0.717) is 34.5 Å². The van der Waals surface area contributed by atoms with Crippen LogP contribution in [0.1, 0.15) is 37.1 Å². The maximum atomic E-state index is 13.7. The molecule has 2 heterocycles. The lowest BCUT2D eigenvalue weighted by molar-refractivity contribution is -0.140. The van der Waals surface area contributed by atoms with Crippen LogP contribution in [0, 0.1) is 5.92 Å². The van der Waals surface area contributed by atoms with Gasteiger partial charge in [0, 0.05) is 37.1 Å². The number of hydrogen-bond donors (Lipinski definition) is 0. The molecule has 0 saturated heterocycles. The number of fused-ring (bicyclic) bond motifs is 2. The van der Waals surface area contributed by atoms with Gasteiger partial charge in [-0.05, 0) is 28.7 Å². The molecule has 0 bridgehead atoms. The molecule has 0 aliphatic carbocycles. The second-order valence-corrected chi connectivity index (χ2v) is 11.8. The standard InChI is InChI=1S/C27H30N2O5S2/c1-17(2)16-29-26-23(25(31)28(3)27(29)32)24(36(33)14-8-13-22(30)34-4)21(35-26)15-19-11-7-10-18-9-5-6-12-20(18)19/h5-7,9-12,17H,8,13-16H2,1-4H3. The number of esters is 1. The third-order valence-electron chi connectivity index (χ3n) is 6.14. The van der Waals surface area contributed by atoms with E-state index in [1.54, 1.807) is 4.57 Å². The Morgan fingerprint density at radius 2 is 1.83 bits per heavy atom. The second-order valence-electron chi connectivity index (χ2n) is 9.23. The van der Waals surface area contributed by atoms with Crippen molar-refractivity contribution >= 4 is 49.1 Å². The molecule has 0 amide bonds. The normalized spacial score (nSPS) is 12.5. The predicted molar refractivity (Wildman–Crippen MR) is 145 cm³/mol. The molecular formula is C27H30N2O5S2. The Bertz CT molecular complexity index is 1570. The highest BCUT2D eigenvalue weighted by molar-refractivity contribution is 7.85. The Balaban J connectivity index is 1.91. The van der Waals surface area contributed by atoms with Gasteiger partial charge in [-0.1, -0.05) is 56.3 Å². The van der Waals surface area contributed by atoms with Gasteiger partial charge in [0.05, 0.1) is 28.2 Å². The number of rotatable bonds is 9. The zero-order chi connectivity index (χ0) is 26.0. The first kappa shape index (κ1) is 26.0. The quantitative estimate of drug-likeness (QED) is 0.305. The summed E-state index contributed by atoms with van der Waals surface area (Å²) in [5.74, 6) is 0.0384. The highest BCUT2D eigenvalue weighted by atomic mass is 32.2. The lowest BCUT2D eigenvalue weighted by atomic mass is 10.0. The van der Waals surface area contributed by atoms with Crippen LogP contribution in [0.15, 0.2) is 56.9 Å². The van der Waals surface area contributed by atoms with Crippen LogP contribution in [0.5, 0.6) is 0 Å². The number of methoxy groups -OCH3 is 1. The molecular weight excluding hydrogens is 496 g/mol. The van der Waals surface area contributed by atoms with Crippen molar-refractivity contribution in [1.82, 2.24) is 9.13 Å². The molecule has 4 aromatic rings. The van der Waals surface area contributed by atoms with Crippen molar-refractivity contribution in [1.29, 1.82) is 0 Å². The SMILES string of the molecule is COC(=O)CCCS(=O)c1c(Cc2cccc3ccccc23)sc2c1c(=O)n(C)c(=O)n2CC(C)C. The summed E-state index contributed by atoms with van der Waals surface area (Å²) < 4.78 is 21.1. The number of thiophene rings is 1. The first-order valence-electron chi connectivity index (χ1n) is 11.9. The minimum Gasteiger partial charge on any atom is -0.469 e. The number of nitrogens with zero attached hydrogens (tertiary/aromatic N) is 2. The Labute approximate surface area is 215 Å². The highest BCUT2D eigenvalue weighted by Gasteiger charge is 2.25. The van der Waals surface area contributed by atoms with E-state index in [9.17, 15) is 18.6 Å². The van der Waals surface area contributed by atoms with Crippen LogP contribution in [-0.4, -0.2) is 32.2 Å². The van der Waals surface area contributed by atoms with Gasteiger partial charge in [-0.3, -0.25) is 22.9 Å². The molecule has 190 valence electrons. The van der Waals surface area contributed by atoms with Gasteiger partial charge in [0.15, 0.2) is 0 Å². The minimum atomic E-state index is -1.54. The number of hydrogen-bond acceptors (Lipinski definition) is 6. The zero-order valence-corrected chi connectivity index (χ0v) is 22.5. The van der Waals surface area contributed by atoms with Crippen LogP contribution in [0.4, 0.5) is 0 Å². The van der Waals surface area contributed by atoms with E-state index in [1.807, 2.05) is 50.2 Å². The van der Waals surface area contributed by atoms with Crippen molar-refractivity contribution in [3.8, 4) is 0 Å². The van der Waals surface area contributed by atoms with Gasteiger partial charge in [-0.15, -0.1) is 11.3 Å². The summed E-state index contributed by atoms with van der Waals surface area (Å²) in [6.07, 6.45) is 1.01. The maximum absolute atomic E-state index is 13.7. The highest BCUT2D eigenvalue weighted by Crippen LogP contribution is 2.35. The van der Waals surface area contributed by atoms with Crippen molar-refractivity contribution in [2.45, 2.75) is 44.6 Å². The third kappa shape index (κ3) is 5.08. The molecule has 0 aliphatic rings. The van der Waals surface area contributed by atoms with E-state index in [0.717, 1.165) is 25.8 Å². The number of ether oxygens (including phenoxy) is 1. The molecule has 36 heavy (non-hydrogen) atoms. The average molecular weight is 527 g/mol. The monoisotopic (exact) mass is 526 g/mol. The van der Waals surface area contributed by atoms with Crippen LogP contribution < -0.4 is 11.2 Å². The van der Waals surface area contributed by atoms with Gasteiger partial charge in [-0.25, -0.2) is 4.79 Å². The van der Waals surface area contributed by atoms with Crippen LogP contribution >= 0.6 is 11.3 Å². The van der Waals surface area contributed by atoms with E-state index in [1.165, 1.54) is 25.5 Å². The summed E-state index contributed by atoms with van der Waals surface area (Å²) in [5.41, 5.74) is 0.246. The number of benzene rings is 2. The van der Waals surface area contributed by atoms with Crippen LogP contribution in [0.3, 0.4) is 0 Å². The molecule has 1 atom stereocenters. The van der Waals surface area contributed by atoms with E-state index in [-0.39, 0.29) is 29.8 Å². The van der Waals surface area contributed by atoms with Gasteiger partial charge >= 0.3 is 11.7 Å². The molecule has 0 spiro atoms. The largest absolute Gasteiger partial charge is 0.469 e. The lowest BCUT2D eigenvalue weighted by Crippen LogP contribution is -2.38. The van der Waals surface area contributed by atoms with E-state index < -0.39 is 16.4 Å². The Hall–Kier alpha value is -3.04. The van der Waals surface area contributed by atoms with Crippen molar-refractivity contribution in [2.24, 2.45) is 13.0 Å². The summed E-state index contributed by atoms with van der Waals surface area (Å²) in [6, 6.07) is 14.2. The van der Waals surface area contributed by atoms with Crippen LogP contribution in [-0.2, 0) is 40.3 Å². The maximum Gasteiger partial charge on any atom is 0.331 e. The number of aromatic nitrogens is 2. The molecule has 2 aromatic heterocycles. The third-order valence-corrected chi connectivity index (χ3v) is 9.05. The Morgan fingerprint density at radius 1 is 1.11 bits per heavy atom. The Morgan fingerprint density at radius 3 is 2.56 bits per heavy atom. The van der Waals surface area contributed by atoms with Gasteiger partial charge < -0.3 is 4.74 Å². The summed E-state index contributed by atoms with van der Waals surface area (Å²) in [4.78, 5) is 39.9. The fraction of sp³-hybridized carbons (Fsp3) is 0.370. The van der Waals surface area contributed by atoms with Crippen LogP contribution in [0.2, 0.25) is 0 Å². The molecule has 0 fully saturated rings. The molecule has 2 aromatic carbocycles. The van der Waals surface area contributed by atoms with Gasteiger partial charge in [0.1, 0.15) is 4.83 Å². The van der Waals surface area contributed by atoms with E-state index in [2.05, 4.69) is 6.07 Å². The summed E-state index contributed by atoms with van der Waals surface area (Å²) in [6.45, 7) is 4.48. The molecule has 0 saturated carbocycles. The van der Waals surface area contributed by atoms with Crippen LogP contribution in [0.25, 0.3) is 21.0 Å². The topological polar surface area (TPSA) is 87.4 Å². The molecule has 4 rings (SSSR count). The van der Waals surface area contributed by atoms with Crippen molar-refractivity contribution in [3.63, 3.8) is 0 Å². The molecule has 1 unspecified atom stereocenters. The molecule has 9 heteroatoms. The first-order valence-corrected chi connectivity index (χ1v) is 14.0. The molecule has 0 N–H and O–H groups in total. The van der Waals surface area contributed by atoms with E-state index in [4.69, 9.17) is 4.74 Å². The number of carbonyl (C=O) groups excluding carboxylic acids is 1. The van der Waals surface area contributed by atoms with Crippen molar-refractivity contribution in [2.75, 3.05) is 12.9 Å². The average Bonchev–Trinajstić information content (AvgIpc) is 3.24. The smallest absolute Gasteiger partial charge is 0.331 e. The summed E-state index contributed by atoms with van der Waals surface area (Å²) in [7, 11) is 1.25. The second kappa shape index (κ2) is 10.9. The summed E-state index contributed by atoms with van der Waals surface area (Å²) >= 11 is 1.37. The molecule has 0 aliphatic heterocycles. The predicted octanol–water partition coefficient (Wildman–Crippen LogP) is 4.22. The molecule has 7 nitrogen and oxygen atoms in total. The summed E-state index contributed by atoms with van der Waals surface area (Å²) in [5, 5.41) is 2.53. The minimum absolute atomic E-state index is 0.152.